The maximum absolute atomic E-state index is 12.9. The molecule has 2 N–H and O–H groups in total. The highest BCUT2D eigenvalue weighted by molar-refractivity contribution is 9.10. The maximum Gasteiger partial charge on any atom is 0.416 e. The lowest BCUT2D eigenvalue weighted by Crippen LogP contribution is -2.35. The van der Waals surface area contributed by atoms with Crippen molar-refractivity contribution in [1.82, 2.24) is 4.90 Å². The second-order valence-electron chi connectivity index (χ2n) is 4.30. The van der Waals surface area contributed by atoms with Crippen LogP contribution in [0.4, 0.5) is 13.2 Å². The minimum atomic E-state index is -4.34. The van der Waals surface area contributed by atoms with E-state index in [1.165, 1.54) is 6.07 Å². The third-order valence-corrected chi connectivity index (χ3v) is 3.38. The van der Waals surface area contributed by atoms with E-state index < -0.39 is 11.7 Å². The van der Waals surface area contributed by atoms with Crippen LogP contribution in [0.25, 0.3) is 0 Å². The Morgan fingerprint density at radius 2 is 1.95 bits per heavy atom. The summed E-state index contributed by atoms with van der Waals surface area (Å²) in [6.45, 7) is 2.51. The molecule has 1 rings (SSSR count). The number of nitrogens with zero attached hydrogens (tertiary/aromatic N) is 1. The smallest absolute Gasteiger partial charge is 0.329 e. The lowest BCUT2D eigenvalue weighted by Gasteiger charge is -2.25. The highest BCUT2D eigenvalue weighted by Crippen LogP contribution is 2.34. The van der Waals surface area contributed by atoms with Crippen LogP contribution in [0, 0.1) is 0 Å². The molecule has 110 valence electrons. The first-order chi connectivity index (χ1) is 8.25. The highest BCUT2D eigenvalue weighted by Gasteiger charge is 2.33. The van der Waals surface area contributed by atoms with E-state index in [9.17, 15) is 13.2 Å². The van der Waals surface area contributed by atoms with Gasteiger partial charge in [0.2, 0.25) is 0 Å². The first-order valence-corrected chi connectivity index (χ1v) is 6.31. The highest BCUT2D eigenvalue weighted by atomic mass is 79.9. The predicted octanol–water partition coefficient (Wildman–Crippen LogP) is 3.67. The fourth-order valence-corrected chi connectivity index (χ4v) is 1.92. The number of halogens is 5. The average molecular weight is 362 g/mol. The van der Waals surface area contributed by atoms with Crippen molar-refractivity contribution >= 4 is 28.3 Å². The monoisotopic (exact) mass is 360 g/mol. The van der Waals surface area contributed by atoms with Gasteiger partial charge in [0.25, 0.3) is 0 Å². The Balaban J connectivity index is 0.00000324. The van der Waals surface area contributed by atoms with Gasteiger partial charge in [0.05, 0.1) is 5.56 Å². The van der Waals surface area contributed by atoms with Crippen LogP contribution in [0.1, 0.15) is 18.1 Å². The molecule has 0 bridgehead atoms. The fraction of sp³-hybridized carbons (Fsp3) is 0.500. The average Bonchev–Trinajstić information content (AvgIpc) is 2.28. The van der Waals surface area contributed by atoms with Crippen molar-refractivity contribution in [3.63, 3.8) is 0 Å². The zero-order valence-corrected chi connectivity index (χ0v) is 13.1. The van der Waals surface area contributed by atoms with Crippen LogP contribution < -0.4 is 5.73 Å². The van der Waals surface area contributed by atoms with Gasteiger partial charge in [-0.25, -0.2) is 0 Å². The van der Waals surface area contributed by atoms with Crippen LogP contribution in [0.2, 0.25) is 0 Å². The third kappa shape index (κ3) is 5.30. The van der Waals surface area contributed by atoms with Crippen LogP contribution in [0.15, 0.2) is 22.7 Å². The summed E-state index contributed by atoms with van der Waals surface area (Å²) in [6, 6.07) is 4.25. The van der Waals surface area contributed by atoms with Gasteiger partial charge in [-0.2, -0.15) is 13.2 Å². The SMILES string of the molecule is CC(CN)N(C)Cc1ccc(Br)cc1C(F)(F)F.Cl. The second-order valence-corrected chi connectivity index (χ2v) is 5.21. The summed E-state index contributed by atoms with van der Waals surface area (Å²) in [4.78, 5) is 1.80. The molecule has 0 saturated carbocycles. The second kappa shape index (κ2) is 7.47. The van der Waals surface area contributed by atoms with E-state index in [2.05, 4.69) is 15.9 Å². The lowest BCUT2D eigenvalue weighted by molar-refractivity contribution is -0.138. The number of likely N-dealkylation sites (N-methyl/N-ethyl adjacent to an activating group) is 1. The number of hydrogen-bond acceptors (Lipinski definition) is 2. The molecule has 0 aliphatic rings. The fourth-order valence-electron chi connectivity index (χ4n) is 1.55. The normalized spacial score (nSPS) is 13.3. The molecule has 0 radical (unpaired) electrons. The summed E-state index contributed by atoms with van der Waals surface area (Å²) in [5.74, 6) is 0. The first kappa shape index (κ1) is 18.7. The molecule has 1 aromatic rings. The van der Waals surface area contributed by atoms with Gasteiger partial charge in [0, 0.05) is 23.6 Å². The number of benzene rings is 1. The van der Waals surface area contributed by atoms with Gasteiger partial charge in [0.15, 0.2) is 0 Å². The van der Waals surface area contributed by atoms with E-state index in [1.807, 2.05) is 6.92 Å². The standard InChI is InChI=1S/C12H16BrF3N2.ClH/c1-8(6-17)18(2)7-9-3-4-10(13)5-11(9)12(14,15)16;/h3-5,8H,6-7,17H2,1-2H3;1H. The molecule has 2 nitrogen and oxygen atoms in total. The summed E-state index contributed by atoms with van der Waals surface area (Å²) in [7, 11) is 1.76. The van der Waals surface area contributed by atoms with Crippen molar-refractivity contribution in [2.75, 3.05) is 13.6 Å². The van der Waals surface area contributed by atoms with E-state index in [0.29, 0.717) is 11.0 Å². The minimum Gasteiger partial charge on any atom is -0.329 e. The molecule has 1 aromatic carbocycles. The van der Waals surface area contributed by atoms with E-state index in [-0.39, 0.29) is 30.6 Å². The van der Waals surface area contributed by atoms with Crippen LogP contribution >= 0.6 is 28.3 Å². The number of alkyl halides is 3. The zero-order chi connectivity index (χ0) is 13.9. The minimum absolute atomic E-state index is 0. The zero-order valence-electron chi connectivity index (χ0n) is 10.7. The molecule has 0 aliphatic carbocycles. The Morgan fingerprint density at radius 1 is 1.37 bits per heavy atom. The summed E-state index contributed by atoms with van der Waals surface area (Å²) >= 11 is 3.06. The van der Waals surface area contributed by atoms with E-state index in [4.69, 9.17) is 5.73 Å². The number of rotatable bonds is 4. The Bertz CT molecular complexity index is 412. The quantitative estimate of drug-likeness (QED) is 0.886. The van der Waals surface area contributed by atoms with E-state index in [1.54, 1.807) is 18.0 Å². The molecule has 1 unspecified atom stereocenters. The Kier molecular flexibility index (Phi) is 7.36. The Labute approximate surface area is 125 Å². The van der Waals surface area contributed by atoms with Gasteiger partial charge >= 0.3 is 6.18 Å². The van der Waals surface area contributed by atoms with Crippen LogP contribution in [0.5, 0.6) is 0 Å². The van der Waals surface area contributed by atoms with Crippen molar-refractivity contribution < 1.29 is 13.2 Å². The molecule has 0 heterocycles. The largest absolute Gasteiger partial charge is 0.416 e. The maximum atomic E-state index is 12.9. The molecule has 0 aliphatic heterocycles. The summed E-state index contributed by atoms with van der Waals surface area (Å²) in [6.07, 6.45) is -4.34. The van der Waals surface area contributed by atoms with E-state index >= 15 is 0 Å². The van der Waals surface area contributed by atoms with Gasteiger partial charge in [-0.15, -0.1) is 12.4 Å². The summed E-state index contributed by atoms with van der Waals surface area (Å²) in [5.41, 5.74) is 5.16. The molecule has 0 spiro atoms. The summed E-state index contributed by atoms with van der Waals surface area (Å²) in [5, 5.41) is 0. The van der Waals surface area contributed by atoms with Gasteiger partial charge in [-0.05, 0) is 31.7 Å². The first-order valence-electron chi connectivity index (χ1n) is 5.51. The third-order valence-electron chi connectivity index (χ3n) is 2.89. The Hall–Kier alpha value is -0.300. The number of hydrogen-bond donors (Lipinski definition) is 1. The van der Waals surface area contributed by atoms with Gasteiger partial charge in [-0.1, -0.05) is 22.0 Å². The molecule has 0 fully saturated rings. The van der Waals surface area contributed by atoms with Gasteiger partial charge in [0.1, 0.15) is 0 Å². The summed E-state index contributed by atoms with van der Waals surface area (Å²) < 4.78 is 39.1. The number of nitrogens with two attached hydrogens (primary N) is 1. The molecule has 7 heteroatoms. The van der Waals surface area contributed by atoms with Gasteiger partial charge < -0.3 is 5.73 Å². The van der Waals surface area contributed by atoms with E-state index in [0.717, 1.165) is 6.07 Å². The topological polar surface area (TPSA) is 29.3 Å². The van der Waals surface area contributed by atoms with Crippen LogP contribution in [-0.4, -0.2) is 24.5 Å². The predicted molar refractivity (Wildman–Crippen MR) is 76.4 cm³/mol. The van der Waals surface area contributed by atoms with Gasteiger partial charge in [-0.3, -0.25) is 4.90 Å². The molecule has 19 heavy (non-hydrogen) atoms. The van der Waals surface area contributed by atoms with Crippen molar-refractivity contribution in [3.05, 3.63) is 33.8 Å². The van der Waals surface area contributed by atoms with Crippen molar-refractivity contribution in [2.24, 2.45) is 5.73 Å². The molecular formula is C12H17BrClF3N2. The van der Waals surface area contributed by atoms with Crippen LogP contribution in [-0.2, 0) is 12.7 Å². The molecule has 0 saturated heterocycles. The Morgan fingerprint density at radius 3 is 2.42 bits per heavy atom. The lowest BCUT2D eigenvalue weighted by atomic mass is 10.1. The molecular weight excluding hydrogens is 344 g/mol. The van der Waals surface area contributed by atoms with Crippen molar-refractivity contribution in [3.8, 4) is 0 Å². The van der Waals surface area contributed by atoms with Crippen molar-refractivity contribution in [2.45, 2.75) is 25.7 Å². The van der Waals surface area contributed by atoms with Crippen molar-refractivity contribution in [1.29, 1.82) is 0 Å². The molecule has 0 amide bonds. The molecule has 1 atom stereocenters. The van der Waals surface area contributed by atoms with Crippen LogP contribution in [0.3, 0.4) is 0 Å². The molecule has 0 aromatic heterocycles.